The van der Waals surface area contributed by atoms with Gasteiger partial charge in [0.25, 0.3) is 0 Å². The largest absolute Gasteiger partial charge is 0.497 e. The summed E-state index contributed by atoms with van der Waals surface area (Å²) in [5, 5.41) is 19.1. The highest BCUT2D eigenvalue weighted by molar-refractivity contribution is 6.30. The van der Waals surface area contributed by atoms with Crippen molar-refractivity contribution >= 4 is 28.9 Å². The van der Waals surface area contributed by atoms with Crippen LogP contribution in [-0.2, 0) is 0 Å². The Labute approximate surface area is 207 Å². The van der Waals surface area contributed by atoms with Gasteiger partial charge in [0.1, 0.15) is 28.8 Å². The third-order valence-corrected chi connectivity index (χ3v) is 5.40. The summed E-state index contributed by atoms with van der Waals surface area (Å²) in [6.45, 7) is 1.72. The molecule has 0 saturated carbocycles. The molecule has 0 aliphatic carbocycles. The van der Waals surface area contributed by atoms with Crippen LogP contribution in [0.4, 0.5) is 11.4 Å². The van der Waals surface area contributed by atoms with Gasteiger partial charge in [-0.1, -0.05) is 41.9 Å². The van der Waals surface area contributed by atoms with Crippen molar-refractivity contribution in [1.29, 1.82) is 5.26 Å². The molecule has 4 aromatic rings. The fourth-order valence-electron chi connectivity index (χ4n) is 3.28. The molecule has 172 valence electrons. The first-order valence-corrected chi connectivity index (χ1v) is 10.9. The highest BCUT2D eigenvalue weighted by Crippen LogP contribution is 2.38. The van der Waals surface area contributed by atoms with E-state index in [1.165, 1.54) is 0 Å². The van der Waals surface area contributed by atoms with E-state index in [0.717, 1.165) is 5.56 Å². The fraction of sp³-hybridized carbons (Fsp3) is 0.0741. The number of methoxy groups -OCH3 is 1. The first kappa shape index (κ1) is 23.6. The lowest BCUT2D eigenvalue weighted by Gasteiger charge is -2.13. The molecule has 4 rings (SSSR count). The predicted molar refractivity (Wildman–Crippen MR) is 133 cm³/mol. The van der Waals surface area contributed by atoms with Gasteiger partial charge in [-0.15, -0.1) is 5.11 Å². The zero-order valence-corrected chi connectivity index (χ0v) is 19.7. The van der Waals surface area contributed by atoms with Gasteiger partial charge in [0, 0.05) is 16.1 Å². The normalized spacial score (nSPS) is 10.7. The van der Waals surface area contributed by atoms with Crippen molar-refractivity contribution in [3.63, 3.8) is 0 Å². The highest BCUT2D eigenvalue weighted by atomic mass is 35.5. The smallest absolute Gasteiger partial charge is 0.344 e. The first-order chi connectivity index (χ1) is 17.0. The second kappa shape index (κ2) is 10.6. The lowest BCUT2D eigenvalue weighted by molar-refractivity contribution is 0.0727. The molecule has 0 saturated heterocycles. The number of carbonyl (C=O) groups excluding carboxylic acids is 1. The topological polar surface area (TPSA) is 96.9 Å². The van der Waals surface area contributed by atoms with Crippen LogP contribution < -0.4 is 9.47 Å². The van der Waals surface area contributed by atoms with Crippen molar-refractivity contribution in [1.82, 2.24) is 4.98 Å². The van der Waals surface area contributed by atoms with Gasteiger partial charge < -0.3 is 9.47 Å². The molecule has 0 unspecified atom stereocenters. The summed E-state index contributed by atoms with van der Waals surface area (Å²) in [5.74, 6) is -0.0608. The number of nitrogens with zero attached hydrogens (tertiary/aromatic N) is 4. The van der Waals surface area contributed by atoms with Crippen LogP contribution >= 0.6 is 11.6 Å². The van der Waals surface area contributed by atoms with Crippen LogP contribution in [0.3, 0.4) is 0 Å². The van der Waals surface area contributed by atoms with Crippen LogP contribution in [0.1, 0.15) is 21.5 Å². The molecule has 0 spiro atoms. The Kier molecular flexibility index (Phi) is 7.15. The van der Waals surface area contributed by atoms with E-state index in [9.17, 15) is 10.1 Å². The van der Waals surface area contributed by atoms with Crippen LogP contribution in [-0.4, -0.2) is 18.1 Å². The molecular weight excluding hydrogens is 464 g/mol. The summed E-state index contributed by atoms with van der Waals surface area (Å²) in [6.07, 6.45) is 0. The molecular formula is C27H19ClN4O3. The molecule has 0 aliphatic rings. The van der Waals surface area contributed by atoms with Crippen LogP contribution in [0.2, 0.25) is 5.02 Å². The number of pyridine rings is 1. The SMILES string of the molecule is COc1ccc(N=Nc2c(-c3ccccc3)nc(OC(=O)c3ccc(Cl)cc3)c(C#N)c2C)cc1. The molecule has 0 atom stereocenters. The lowest BCUT2D eigenvalue weighted by Crippen LogP contribution is -2.11. The quantitative estimate of drug-likeness (QED) is 0.213. The summed E-state index contributed by atoms with van der Waals surface area (Å²) in [4.78, 5) is 17.3. The maximum absolute atomic E-state index is 12.7. The Bertz CT molecular complexity index is 1430. The minimum absolute atomic E-state index is 0.0932. The lowest BCUT2D eigenvalue weighted by atomic mass is 10.0. The van der Waals surface area contributed by atoms with E-state index in [1.54, 1.807) is 62.6 Å². The molecule has 1 heterocycles. The Hall–Kier alpha value is -4.54. The molecule has 3 aromatic carbocycles. The summed E-state index contributed by atoms with van der Waals surface area (Å²) >= 11 is 5.91. The van der Waals surface area contributed by atoms with Crippen molar-refractivity contribution in [3.05, 3.63) is 101 Å². The number of hydrogen-bond acceptors (Lipinski definition) is 7. The summed E-state index contributed by atoms with van der Waals surface area (Å²) in [5.41, 5.74) is 3.01. The van der Waals surface area contributed by atoms with E-state index in [2.05, 4.69) is 21.3 Å². The zero-order chi connectivity index (χ0) is 24.8. The fourth-order valence-corrected chi connectivity index (χ4v) is 3.41. The van der Waals surface area contributed by atoms with Crippen molar-refractivity contribution in [2.75, 3.05) is 7.11 Å². The number of ether oxygens (including phenoxy) is 2. The maximum Gasteiger partial charge on any atom is 0.344 e. The number of azo groups is 1. The number of esters is 1. The number of nitriles is 1. The molecule has 0 amide bonds. The van der Waals surface area contributed by atoms with Crippen molar-refractivity contribution in [3.8, 4) is 29.0 Å². The van der Waals surface area contributed by atoms with Gasteiger partial charge in [0.2, 0.25) is 5.88 Å². The number of benzene rings is 3. The van der Waals surface area contributed by atoms with Crippen LogP contribution in [0.15, 0.2) is 89.1 Å². The number of aromatic nitrogens is 1. The zero-order valence-electron chi connectivity index (χ0n) is 18.9. The van der Waals surface area contributed by atoms with E-state index in [1.807, 2.05) is 30.3 Å². The Morgan fingerprint density at radius 3 is 2.29 bits per heavy atom. The van der Waals surface area contributed by atoms with Crippen molar-refractivity contribution in [2.45, 2.75) is 6.92 Å². The van der Waals surface area contributed by atoms with Gasteiger partial charge >= 0.3 is 5.97 Å². The summed E-state index contributed by atoms with van der Waals surface area (Å²) < 4.78 is 10.7. The molecule has 0 fully saturated rings. The average molecular weight is 483 g/mol. The Morgan fingerprint density at radius 1 is 0.971 bits per heavy atom. The van der Waals surface area contributed by atoms with Gasteiger partial charge in [0.05, 0.1) is 18.4 Å². The monoisotopic (exact) mass is 482 g/mol. The molecule has 0 bridgehead atoms. The third kappa shape index (κ3) is 5.35. The van der Waals surface area contributed by atoms with Gasteiger partial charge in [-0.05, 0) is 55.5 Å². The number of rotatable bonds is 6. The maximum atomic E-state index is 12.7. The Morgan fingerprint density at radius 2 is 1.66 bits per heavy atom. The number of halogens is 1. The minimum Gasteiger partial charge on any atom is -0.497 e. The standard InChI is InChI=1S/C27H19ClN4O3/c1-17-23(16-29)26(35-27(33)19-8-10-20(28)11-9-19)30-25(18-6-4-3-5-7-18)24(17)32-31-21-12-14-22(34-2)15-13-21/h3-15H,1-2H3. The van der Waals surface area contributed by atoms with Gasteiger partial charge in [0.15, 0.2) is 0 Å². The van der Waals surface area contributed by atoms with E-state index < -0.39 is 5.97 Å². The van der Waals surface area contributed by atoms with Gasteiger partial charge in [-0.2, -0.15) is 10.4 Å². The second-order valence-electron chi connectivity index (χ2n) is 7.39. The molecule has 8 heteroatoms. The van der Waals surface area contributed by atoms with Gasteiger partial charge in [-0.3, -0.25) is 0 Å². The molecule has 35 heavy (non-hydrogen) atoms. The van der Waals surface area contributed by atoms with E-state index >= 15 is 0 Å². The second-order valence-corrected chi connectivity index (χ2v) is 7.82. The van der Waals surface area contributed by atoms with E-state index in [4.69, 9.17) is 21.1 Å². The Balaban J connectivity index is 1.80. The van der Waals surface area contributed by atoms with Crippen LogP contribution in [0.5, 0.6) is 11.6 Å². The average Bonchev–Trinajstić information content (AvgIpc) is 2.89. The van der Waals surface area contributed by atoms with E-state index in [0.29, 0.717) is 33.4 Å². The third-order valence-electron chi connectivity index (χ3n) is 5.15. The first-order valence-electron chi connectivity index (χ1n) is 10.5. The summed E-state index contributed by atoms with van der Waals surface area (Å²) in [7, 11) is 1.59. The van der Waals surface area contributed by atoms with Crippen molar-refractivity contribution < 1.29 is 14.3 Å². The van der Waals surface area contributed by atoms with Crippen LogP contribution in [0.25, 0.3) is 11.3 Å². The minimum atomic E-state index is -0.656. The molecule has 0 radical (unpaired) electrons. The van der Waals surface area contributed by atoms with Crippen molar-refractivity contribution in [2.24, 2.45) is 10.2 Å². The summed E-state index contributed by atoms with van der Waals surface area (Å²) in [6, 6.07) is 24.7. The molecule has 0 N–H and O–H groups in total. The molecule has 7 nitrogen and oxygen atoms in total. The van der Waals surface area contributed by atoms with Crippen LogP contribution in [0, 0.1) is 18.3 Å². The highest BCUT2D eigenvalue weighted by Gasteiger charge is 2.22. The van der Waals surface area contributed by atoms with E-state index in [-0.39, 0.29) is 17.0 Å². The number of carbonyl (C=O) groups is 1. The molecule has 0 aliphatic heterocycles. The molecule has 1 aromatic heterocycles. The predicted octanol–water partition coefficient (Wildman–Crippen LogP) is 7.23. The number of hydrogen-bond donors (Lipinski definition) is 0. The van der Waals surface area contributed by atoms with Gasteiger partial charge in [-0.25, -0.2) is 9.78 Å².